The number of aliphatic hydroxyl groups is 1. The zero-order valence-corrected chi connectivity index (χ0v) is 18.6. The SMILES string of the molecule is CCO.C[Si](C)(C)O.Cl.Cl.[C-]1=CC=CC1.[CH3-].[SiH2]=[Zr+2]. The molecule has 1 rings (SSSR count). The fourth-order valence-electron chi connectivity index (χ4n) is 0.340. The van der Waals surface area contributed by atoms with E-state index in [4.69, 9.17) is 9.90 Å². The summed E-state index contributed by atoms with van der Waals surface area (Å²) in [4.78, 5) is 8.66. The Hall–Kier alpha value is 1.30. The van der Waals surface area contributed by atoms with Crippen LogP contribution in [0.25, 0.3) is 0 Å². The molecule has 0 unspecified atom stereocenters. The Morgan fingerprint density at radius 3 is 1.61 bits per heavy atom. The molecule has 0 aromatic heterocycles. The summed E-state index contributed by atoms with van der Waals surface area (Å²) < 4.78 is 0. The average Bonchev–Trinajstić information content (AvgIpc) is 2.61. The summed E-state index contributed by atoms with van der Waals surface area (Å²) in [6, 6.07) is 0. The van der Waals surface area contributed by atoms with E-state index < -0.39 is 8.32 Å². The molecule has 0 fully saturated rings. The van der Waals surface area contributed by atoms with Crippen LogP contribution in [-0.2, 0) is 23.3 Å². The monoisotopic (exact) mass is 408 g/mol. The molecule has 0 bridgehead atoms. The van der Waals surface area contributed by atoms with Gasteiger partial charge in [0.25, 0.3) is 0 Å². The molecule has 0 saturated heterocycles. The quantitative estimate of drug-likeness (QED) is 0.476. The molecule has 0 heterocycles. The zero-order valence-electron chi connectivity index (χ0n) is 12.1. The first-order chi connectivity index (χ1) is 6.91. The summed E-state index contributed by atoms with van der Waals surface area (Å²) in [5.41, 5.74) is 0. The molecule has 2 nitrogen and oxygen atoms in total. The number of halogens is 2. The van der Waals surface area contributed by atoms with Crippen molar-refractivity contribution in [2.75, 3.05) is 6.61 Å². The maximum absolute atomic E-state index is 8.66. The summed E-state index contributed by atoms with van der Waals surface area (Å²) >= 11 is 1.58. The molecule has 0 radical (unpaired) electrons. The van der Waals surface area contributed by atoms with Crippen LogP contribution in [0.2, 0.25) is 19.6 Å². The molecule has 0 amide bonds. The van der Waals surface area contributed by atoms with Gasteiger partial charge in [0.15, 0.2) is 8.32 Å². The first-order valence-electron chi connectivity index (χ1n) is 4.82. The Morgan fingerprint density at radius 1 is 1.28 bits per heavy atom. The molecule has 18 heavy (non-hydrogen) atoms. The summed E-state index contributed by atoms with van der Waals surface area (Å²) in [7, 11) is -1.61. The predicted octanol–water partition coefficient (Wildman–Crippen LogP) is 2.49. The Balaban J connectivity index is -0.0000000266. The predicted molar refractivity (Wildman–Crippen MR) is 89.3 cm³/mol. The summed E-state index contributed by atoms with van der Waals surface area (Å²) in [6.45, 7) is 9.53. The van der Waals surface area contributed by atoms with Crippen LogP contribution in [0.3, 0.4) is 0 Å². The summed E-state index contributed by atoms with van der Waals surface area (Å²) in [5.74, 6) is 0. The first-order valence-corrected chi connectivity index (χ1v) is 14.2. The molecule has 0 atom stereocenters. The van der Waals surface area contributed by atoms with Crippen LogP contribution in [-0.4, -0.2) is 31.7 Å². The van der Waals surface area contributed by atoms with E-state index in [-0.39, 0.29) is 38.8 Å². The third-order valence-electron chi connectivity index (χ3n) is 0.586. The number of rotatable bonds is 0. The number of allylic oxidation sites excluding steroid dienone is 4. The first kappa shape index (κ1) is 36.5. The van der Waals surface area contributed by atoms with E-state index >= 15 is 0 Å². The van der Waals surface area contributed by atoms with Crippen LogP contribution < -0.4 is 0 Å². The van der Waals surface area contributed by atoms with Crippen molar-refractivity contribution in [3.05, 3.63) is 31.7 Å². The van der Waals surface area contributed by atoms with Crippen LogP contribution in [0.4, 0.5) is 0 Å². The second-order valence-corrected chi connectivity index (χ2v) is 7.83. The van der Waals surface area contributed by atoms with Gasteiger partial charge in [0.2, 0.25) is 0 Å². The van der Waals surface area contributed by atoms with Gasteiger partial charge in [-0.25, -0.2) is 12.2 Å². The van der Waals surface area contributed by atoms with Gasteiger partial charge in [-0.2, -0.15) is 6.08 Å². The molecular formula is C11H28Cl2O2Si2Zr. The third kappa shape index (κ3) is 116. The van der Waals surface area contributed by atoms with Gasteiger partial charge >= 0.3 is 30.2 Å². The zero-order chi connectivity index (χ0) is 12.7. The minimum absolute atomic E-state index is 0. The van der Waals surface area contributed by atoms with E-state index in [1.807, 2.05) is 38.7 Å². The van der Waals surface area contributed by atoms with Crippen molar-refractivity contribution >= 4 is 40.0 Å². The maximum atomic E-state index is 8.66. The van der Waals surface area contributed by atoms with E-state index in [0.717, 1.165) is 6.42 Å². The van der Waals surface area contributed by atoms with E-state index in [0.29, 0.717) is 0 Å². The molecule has 0 aromatic carbocycles. The van der Waals surface area contributed by atoms with Gasteiger partial charge in [-0.1, -0.05) is 0 Å². The fraction of sp³-hybridized carbons (Fsp3) is 0.545. The van der Waals surface area contributed by atoms with Crippen molar-refractivity contribution in [1.29, 1.82) is 0 Å². The van der Waals surface area contributed by atoms with Gasteiger partial charge in [-0.3, -0.25) is 6.08 Å². The second kappa shape index (κ2) is 31.0. The van der Waals surface area contributed by atoms with Crippen LogP contribution in [0.1, 0.15) is 13.3 Å². The molecule has 2 N–H and O–H groups in total. The van der Waals surface area contributed by atoms with E-state index in [1.165, 1.54) is 0 Å². The Bertz CT molecular complexity index is 159. The molecule has 1 aliphatic carbocycles. The fourth-order valence-corrected chi connectivity index (χ4v) is 0.340. The van der Waals surface area contributed by atoms with Crippen molar-refractivity contribution in [2.45, 2.75) is 33.0 Å². The Kier molecular flexibility index (Phi) is 62.8. The van der Waals surface area contributed by atoms with E-state index in [2.05, 4.69) is 12.2 Å². The van der Waals surface area contributed by atoms with Gasteiger partial charge in [-0.15, -0.1) is 31.2 Å². The minimum atomic E-state index is -1.61. The standard InChI is InChI=1S/C5H5.C3H10OSi.C2H6O.CH3.2ClH.H2Si.Zr/c1-2-4-5-3-1;1-5(2,3)4;1-2-3;;;;;/h1-3H,4H2;4H,1-3H3;3H,2H2,1H3;1H3;2*1H;1H2;/q-1;;;-1;;;;+2. The molecule has 0 spiro atoms. The van der Waals surface area contributed by atoms with Gasteiger partial charge in [0.1, 0.15) is 0 Å². The average molecular weight is 411 g/mol. The summed E-state index contributed by atoms with van der Waals surface area (Å²) in [6.07, 6.45) is 10.0. The Labute approximate surface area is 143 Å². The van der Waals surface area contributed by atoms with Crippen LogP contribution in [0.15, 0.2) is 18.2 Å². The molecule has 7 heteroatoms. The van der Waals surface area contributed by atoms with Gasteiger partial charge in [0, 0.05) is 6.61 Å². The second-order valence-electron chi connectivity index (χ2n) is 3.49. The number of hydrogen-bond acceptors (Lipinski definition) is 2. The normalized spacial score (nSPS) is 9.56. The Morgan fingerprint density at radius 2 is 1.56 bits per heavy atom. The van der Waals surface area contributed by atoms with Crippen LogP contribution >= 0.6 is 24.8 Å². The molecular weight excluding hydrogens is 382 g/mol. The van der Waals surface area contributed by atoms with Crippen molar-refractivity contribution < 1.29 is 33.2 Å². The summed E-state index contributed by atoms with van der Waals surface area (Å²) in [5, 5.41) is 7.57. The van der Waals surface area contributed by atoms with E-state index in [1.54, 1.807) is 30.3 Å². The molecule has 0 saturated carbocycles. The number of aliphatic hydroxyl groups excluding tert-OH is 1. The van der Waals surface area contributed by atoms with Crippen molar-refractivity contribution in [3.8, 4) is 0 Å². The third-order valence-corrected chi connectivity index (χ3v) is 0.586. The number of hydrogen-bond donors (Lipinski definition) is 2. The van der Waals surface area contributed by atoms with Gasteiger partial charge in [-0.05, 0) is 26.6 Å². The molecule has 1 aliphatic rings. The van der Waals surface area contributed by atoms with Crippen molar-refractivity contribution in [2.24, 2.45) is 0 Å². The molecule has 0 aromatic rings. The van der Waals surface area contributed by atoms with Gasteiger partial charge < -0.3 is 17.3 Å². The van der Waals surface area contributed by atoms with Gasteiger partial charge in [0.05, 0.1) is 0 Å². The topological polar surface area (TPSA) is 40.5 Å². The molecule has 110 valence electrons. The van der Waals surface area contributed by atoms with E-state index in [9.17, 15) is 0 Å². The van der Waals surface area contributed by atoms with Crippen LogP contribution in [0, 0.1) is 13.5 Å². The molecule has 0 aliphatic heterocycles. The van der Waals surface area contributed by atoms with Crippen molar-refractivity contribution in [1.82, 2.24) is 0 Å². The van der Waals surface area contributed by atoms with Crippen molar-refractivity contribution in [3.63, 3.8) is 0 Å². The van der Waals surface area contributed by atoms with Crippen LogP contribution in [0.5, 0.6) is 0 Å².